The van der Waals surface area contributed by atoms with Gasteiger partial charge in [-0.3, -0.25) is 4.79 Å². The van der Waals surface area contributed by atoms with E-state index in [1.165, 1.54) is 17.0 Å². The van der Waals surface area contributed by atoms with Gasteiger partial charge >= 0.3 is 0 Å². The highest BCUT2D eigenvalue weighted by Crippen LogP contribution is 2.25. The molecule has 0 heterocycles. The molecule has 0 saturated heterocycles. The summed E-state index contributed by atoms with van der Waals surface area (Å²) < 4.78 is 18.7. The summed E-state index contributed by atoms with van der Waals surface area (Å²) in [6.07, 6.45) is 1.00. The Hall–Kier alpha value is -1.62. The minimum absolute atomic E-state index is 0.0512. The number of carbonyl (C=O) groups excluding carboxylic acids is 1. The number of halogens is 1. The highest BCUT2D eigenvalue weighted by atomic mass is 19.1. The van der Waals surface area contributed by atoms with Gasteiger partial charge in [0.2, 0.25) is 5.91 Å². The zero-order valence-electron chi connectivity index (χ0n) is 11.6. The van der Waals surface area contributed by atoms with E-state index in [4.69, 9.17) is 10.5 Å². The smallest absolute Gasteiger partial charge is 0.222 e. The van der Waals surface area contributed by atoms with Crippen molar-refractivity contribution >= 4 is 5.91 Å². The van der Waals surface area contributed by atoms with Crippen molar-refractivity contribution in [3.63, 3.8) is 0 Å². The van der Waals surface area contributed by atoms with Gasteiger partial charge < -0.3 is 15.4 Å². The molecule has 0 aliphatic rings. The molecule has 1 aromatic rings. The highest BCUT2D eigenvalue weighted by molar-refractivity contribution is 5.75. The van der Waals surface area contributed by atoms with Crippen molar-refractivity contribution in [1.29, 1.82) is 0 Å². The van der Waals surface area contributed by atoms with Gasteiger partial charge in [-0.1, -0.05) is 6.07 Å². The molecule has 1 rings (SSSR count). The van der Waals surface area contributed by atoms with Gasteiger partial charge in [0.15, 0.2) is 0 Å². The van der Waals surface area contributed by atoms with Gasteiger partial charge in [0.05, 0.1) is 6.61 Å². The van der Waals surface area contributed by atoms with Crippen LogP contribution in [-0.4, -0.2) is 31.5 Å². The average Bonchev–Trinajstić information content (AvgIpc) is 2.33. The van der Waals surface area contributed by atoms with E-state index in [2.05, 4.69) is 0 Å². The predicted octanol–water partition coefficient (Wildman–Crippen LogP) is 2.09. The molecule has 0 fully saturated rings. The molecule has 1 amide bonds. The molecule has 0 unspecified atom stereocenters. The normalized spacial score (nSPS) is 12.1. The molecule has 0 saturated carbocycles. The second-order valence-electron chi connectivity index (χ2n) is 4.71. The number of nitrogens with two attached hydrogens (primary N) is 1. The summed E-state index contributed by atoms with van der Waals surface area (Å²) >= 11 is 0. The molecule has 0 aliphatic carbocycles. The lowest BCUT2D eigenvalue weighted by molar-refractivity contribution is -0.128. The van der Waals surface area contributed by atoms with E-state index in [9.17, 15) is 9.18 Å². The molecule has 0 spiro atoms. The Morgan fingerprint density at radius 3 is 2.74 bits per heavy atom. The van der Waals surface area contributed by atoms with Crippen molar-refractivity contribution in [3.8, 4) is 5.75 Å². The van der Waals surface area contributed by atoms with Gasteiger partial charge in [0.1, 0.15) is 11.6 Å². The van der Waals surface area contributed by atoms with Crippen LogP contribution in [0.15, 0.2) is 18.2 Å². The number of carbonyl (C=O) groups is 1. The molecule has 2 N–H and O–H groups in total. The Bertz CT molecular complexity index is 433. The number of ether oxygens (including phenoxy) is 1. The van der Waals surface area contributed by atoms with Gasteiger partial charge in [-0.25, -0.2) is 4.39 Å². The molecule has 5 heteroatoms. The second kappa shape index (κ2) is 7.09. The Balaban J connectivity index is 2.53. The SMILES string of the molecule is C[C@@H](N)c1ccc(F)cc1OCCCC(=O)N(C)C. The fourth-order valence-corrected chi connectivity index (χ4v) is 1.64. The minimum atomic E-state index is -0.358. The van der Waals surface area contributed by atoms with Crippen molar-refractivity contribution < 1.29 is 13.9 Å². The van der Waals surface area contributed by atoms with Crippen molar-refractivity contribution in [1.82, 2.24) is 4.90 Å². The summed E-state index contributed by atoms with van der Waals surface area (Å²) in [7, 11) is 3.42. The summed E-state index contributed by atoms with van der Waals surface area (Å²) in [4.78, 5) is 12.9. The number of hydrogen-bond donors (Lipinski definition) is 1. The Morgan fingerprint density at radius 2 is 2.16 bits per heavy atom. The maximum absolute atomic E-state index is 13.2. The third-order valence-corrected chi connectivity index (χ3v) is 2.76. The zero-order chi connectivity index (χ0) is 14.4. The van der Waals surface area contributed by atoms with Gasteiger partial charge in [0.25, 0.3) is 0 Å². The van der Waals surface area contributed by atoms with E-state index in [1.54, 1.807) is 20.2 Å². The molecule has 1 atom stereocenters. The number of benzene rings is 1. The van der Waals surface area contributed by atoms with E-state index in [-0.39, 0.29) is 17.8 Å². The number of amides is 1. The van der Waals surface area contributed by atoms with Gasteiger partial charge in [-0.15, -0.1) is 0 Å². The Kier molecular flexibility index (Phi) is 5.76. The zero-order valence-corrected chi connectivity index (χ0v) is 11.6. The maximum Gasteiger partial charge on any atom is 0.222 e. The van der Waals surface area contributed by atoms with Gasteiger partial charge in [-0.05, 0) is 19.4 Å². The van der Waals surface area contributed by atoms with Gasteiger partial charge in [0, 0.05) is 38.2 Å². The first-order chi connectivity index (χ1) is 8.91. The largest absolute Gasteiger partial charge is 0.493 e. The van der Waals surface area contributed by atoms with E-state index in [0.29, 0.717) is 25.2 Å². The molecule has 0 bridgehead atoms. The number of hydrogen-bond acceptors (Lipinski definition) is 3. The predicted molar refractivity (Wildman–Crippen MR) is 72.4 cm³/mol. The first-order valence-corrected chi connectivity index (χ1v) is 6.29. The summed E-state index contributed by atoms with van der Waals surface area (Å²) in [6, 6.07) is 4.09. The van der Waals surface area contributed by atoms with Crippen LogP contribution < -0.4 is 10.5 Å². The van der Waals surface area contributed by atoms with Crippen LogP contribution in [0.4, 0.5) is 4.39 Å². The third-order valence-electron chi connectivity index (χ3n) is 2.76. The highest BCUT2D eigenvalue weighted by Gasteiger charge is 2.10. The minimum Gasteiger partial charge on any atom is -0.493 e. The molecular formula is C14H21FN2O2. The first kappa shape index (κ1) is 15.4. The summed E-state index contributed by atoms with van der Waals surface area (Å²) in [5.41, 5.74) is 6.56. The fraction of sp³-hybridized carbons (Fsp3) is 0.500. The van der Waals surface area contributed by atoms with Crippen LogP contribution in [0.25, 0.3) is 0 Å². The quantitative estimate of drug-likeness (QED) is 0.804. The molecule has 0 radical (unpaired) electrons. The third kappa shape index (κ3) is 4.87. The number of rotatable bonds is 6. The van der Waals surface area contributed by atoms with Crippen LogP contribution >= 0.6 is 0 Å². The van der Waals surface area contributed by atoms with Crippen LogP contribution in [-0.2, 0) is 4.79 Å². The Morgan fingerprint density at radius 1 is 1.47 bits per heavy atom. The molecule has 19 heavy (non-hydrogen) atoms. The van der Waals surface area contributed by atoms with Gasteiger partial charge in [-0.2, -0.15) is 0 Å². The molecular weight excluding hydrogens is 247 g/mol. The van der Waals surface area contributed by atoms with Crippen LogP contribution in [0.2, 0.25) is 0 Å². The lowest BCUT2D eigenvalue weighted by atomic mass is 10.1. The average molecular weight is 268 g/mol. The molecule has 106 valence electrons. The Labute approximate surface area is 113 Å². The van der Waals surface area contributed by atoms with E-state index < -0.39 is 0 Å². The van der Waals surface area contributed by atoms with E-state index >= 15 is 0 Å². The van der Waals surface area contributed by atoms with E-state index in [0.717, 1.165) is 5.56 Å². The lowest BCUT2D eigenvalue weighted by Gasteiger charge is -2.14. The van der Waals surface area contributed by atoms with Crippen LogP contribution in [0, 0.1) is 5.82 Å². The van der Waals surface area contributed by atoms with E-state index in [1.807, 2.05) is 6.92 Å². The maximum atomic E-state index is 13.2. The lowest BCUT2D eigenvalue weighted by Crippen LogP contribution is -2.21. The standard InChI is InChI=1S/C14H21FN2O2/c1-10(16)12-7-6-11(15)9-13(12)19-8-4-5-14(18)17(2)3/h6-7,9-10H,4-5,8,16H2,1-3H3/t10-/m1/s1. The van der Waals surface area contributed by atoms with Crippen molar-refractivity contribution in [2.75, 3.05) is 20.7 Å². The summed E-state index contributed by atoms with van der Waals surface area (Å²) in [5.74, 6) is 0.145. The molecule has 0 aliphatic heterocycles. The molecule has 1 aromatic carbocycles. The molecule has 0 aromatic heterocycles. The van der Waals surface area contributed by atoms with Crippen molar-refractivity contribution in [2.45, 2.75) is 25.8 Å². The van der Waals surface area contributed by atoms with Crippen LogP contribution in [0.3, 0.4) is 0 Å². The van der Waals surface area contributed by atoms with Crippen molar-refractivity contribution in [2.24, 2.45) is 5.73 Å². The summed E-state index contributed by atoms with van der Waals surface area (Å²) in [6.45, 7) is 2.18. The number of nitrogens with zero attached hydrogens (tertiary/aromatic N) is 1. The molecule has 4 nitrogen and oxygen atoms in total. The fourth-order valence-electron chi connectivity index (χ4n) is 1.64. The first-order valence-electron chi connectivity index (χ1n) is 6.29. The van der Waals surface area contributed by atoms with Crippen LogP contribution in [0.5, 0.6) is 5.75 Å². The van der Waals surface area contributed by atoms with Crippen molar-refractivity contribution in [3.05, 3.63) is 29.6 Å². The monoisotopic (exact) mass is 268 g/mol. The van der Waals surface area contributed by atoms with Crippen LogP contribution in [0.1, 0.15) is 31.4 Å². The summed E-state index contributed by atoms with van der Waals surface area (Å²) in [5, 5.41) is 0. The topological polar surface area (TPSA) is 55.6 Å². The second-order valence-corrected chi connectivity index (χ2v) is 4.71.